The number of nitrogens with two attached hydrogens (primary N) is 1. The number of carbonyl (C=O) groups is 1. The molecule has 0 aliphatic heterocycles. The van der Waals surface area contributed by atoms with E-state index in [1.807, 2.05) is 26.8 Å². The Balaban J connectivity index is 2.69. The van der Waals surface area contributed by atoms with Gasteiger partial charge in [-0.1, -0.05) is 56.1 Å². The normalized spacial score (nSPS) is 13.4. The fourth-order valence-corrected chi connectivity index (χ4v) is 1.91. The largest absolute Gasteiger partial charge is 0.327 e. The Morgan fingerprint density at radius 2 is 1.94 bits per heavy atom. The molecule has 1 atom stereocenters. The Kier molecular flexibility index (Phi) is 5.20. The maximum absolute atomic E-state index is 12.0. The summed E-state index contributed by atoms with van der Waals surface area (Å²) in [7, 11) is 0. The van der Waals surface area contributed by atoms with Gasteiger partial charge < -0.3 is 5.73 Å². The summed E-state index contributed by atoms with van der Waals surface area (Å²) in [5.74, 6) is 0.0848. The molecule has 0 bridgehead atoms. The van der Waals surface area contributed by atoms with Crippen molar-refractivity contribution >= 4 is 29.0 Å². The van der Waals surface area contributed by atoms with Gasteiger partial charge in [0.2, 0.25) is 0 Å². The summed E-state index contributed by atoms with van der Waals surface area (Å²) >= 11 is 12.0. The molecule has 0 fully saturated rings. The molecule has 0 radical (unpaired) electrons. The van der Waals surface area contributed by atoms with Gasteiger partial charge in [0.05, 0.1) is 10.0 Å². The van der Waals surface area contributed by atoms with Gasteiger partial charge in [-0.15, -0.1) is 0 Å². The molecule has 1 unspecified atom stereocenters. The highest BCUT2D eigenvalue weighted by atomic mass is 35.5. The van der Waals surface area contributed by atoms with Gasteiger partial charge >= 0.3 is 0 Å². The second-order valence-corrected chi connectivity index (χ2v) is 6.39. The average molecular weight is 288 g/mol. The SMILES string of the molecule is CC(C)(C)C(N)CC(=O)Cc1cccc(Cl)c1Cl. The van der Waals surface area contributed by atoms with Gasteiger partial charge in [-0.3, -0.25) is 4.79 Å². The van der Waals surface area contributed by atoms with E-state index in [0.717, 1.165) is 5.56 Å². The van der Waals surface area contributed by atoms with E-state index in [0.29, 0.717) is 16.5 Å². The Morgan fingerprint density at radius 1 is 1.33 bits per heavy atom. The molecule has 2 nitrogen and oxygen atoms in total. The van der Waals surface area contributed by atoms with Crippen molar-refractivity contribution in [3.63, 3.8) is 0 Å². The van der Waals surface area contributed by atoms with E-state index in [1.165, 1.54) is 0 Å². The smallest absolute Gasteiger partial charge is 0.138 e. The zero-order valence-corrected chi connectivity index (χ0v) is 12.5. The topological polar surface area (TPSA) is 43.1 Å². The molecular weight excluding hydrogens is 269 g/mol. The van der Waals surface area contributed by atoms with Crippen molar-refractivity contribution in [3.8, 4) is 0 Å². The summed E-state index contributed by atoms with van der Waals surface area (Å²) in [6.07, 6.45) is 0.634. The average Bonchev–Trinajstić information content (AvgIpc) is 2.23. The van der Waals surface area contributed by atoms with Gasteiger partial charge in [0.1, 0.15) is 5.78 Å². The number of ketones is 1. The minimum Gasteiger partial charge on any atom is -0.327 e. The molecular formula is C14H19Cl2NO. The van der Waals surface area contributed by atoms with Crippen LogP contribution in [-0.4, -0.2) is 11.8 Å². The third-order valence-corrected chi connectivity index (χ3v) is 3.84. The van der Waals surface area contributed by atoms with Crippen LogP contribution in [0.25, 0.3) is 0 Å². The monoisotopic (exact) mass is 287 g/mol. The molecule has 0 aliphatic carbocycles. The van der Waals surface area contributed by atoms with Crippen LogP contribution in [0.1, 0.15) is 32.8 Å². The predicted octanol–water partition coefficient (Wildman–Crippen LogP) is 3.87. The molecule has 0 saturated carbocycles. The first kappa shape index (κ1) is 15.5. The van der Waals surface area contributed by atoms with Crippen LogP contribution in [-0.2, 0) is 11.2 Å². The molecule has 0 saturated heterocycles. The van der Waals surface area contributed by atoms with Crippen LogP contribution in [0.3, 0.4) is 0 Å². The highest BCUT2D eigenvalue weighted by Gasteiger charge is 2.23. The lowest BCUT2D eigenvalue weighted by Gasteiger charge is -2.26. The van der Waals surface area contributed by atoms with Crippen LogP contribution in [0.2, 0.25) is 10.0 Å². The zero-order chi connectivity index (χ0) is 13.9. The molecule has 0 heterocycles. The van der Waals surface area contributed by atoms with E-state index in [-0.39, 0.29) is 23.7 Å². The third-order valence-electron chi connectivity index (χ3n) is 2.98. The highest BCUT2D eigenvalue weighted by Crippen LogP contribution is 2.27. The number of carbonyl (C=O) groups excluding carboxylic acids is 1. The maximum Gasteiger partial charge on any atom is 0.138 e. The molecule has 0 spiro atoms. The minimum atomic E-state index is -0.150. The van der Waals surface area contributed by atoms with Crippen LogP contribution in [0.4, 0.5) is 0 Å². The summed E-state index contributed by atoms with van der Waals surface area (Å²) < 4.78 is 0. The van der Waals surface area contributed by atoms with Gasteiger partial charge in [0, 0.05) is 18.9 Å². The maximum atomic E-state index is 12.0. The van der Waals surface area contributed by atoms with Crippen molar-refractivity contribution in [2.24, 2.45) is 11.1 Å². The van der Waals surface area contributed by atoms with Crippen LogP contribution in [0.15, 0.2) is 18.2 Å². The molecule has 0 aliphatic rings. The number of rotatable bonds is 4. The highest BCUT2D eigenvalue weighted by molar-refractivity contribution is 6.42. The Morgan fingerprint density at radius 3 is 2.50 bits per heavy atom. The quantitative estimate of drug-likeness (QED) is 0.914. The van der Waals surface area contributed by atoms with Crippen molar-refractivity contribution in [2.45, 2.75) is 39.7 Å². The standard InChI is InChI=1S/C14H19Cl2NO/c1-14(2,3)12(17)8-10(18)7-9-5-4-6-11(15)13(9)16/h4-6,12H,7-8,17H2,1-3H3. The van der Waals surface area contributed by atoms with E-state index in [1.54, 1.807) is 12.1 Å². The number of hydrogen-bond acceptors (Lipinski definition) is 2. The van der Waals surface area contributed by atoms with Crippen molar-refractivity contribution in [3.05, 3.63) is 33.8 Å². The van der Waals surface area contributed by atoms with Gasteiger partial charge in [0.15, 0.2) is 0 Å². The number of Topliss-reactive ketones (excluding diaryl/α,β-unsaturated/α-hetero) is 1. The van der Waals surface area contributed by atoms with E-state index < -0.39 is 0 Å². The van der Waals surface area contributed by atoms with Crippen molar-refractivity contribution < 1.29 is 4.79 Å². The van der Waals surface area contributed by atoms with Crippen LogP contribution in [0.5, 0.6) is 0 Å². The first-order valence-electron chi connectivity index (χ1n) is 5.92. The lowest BCUT2D eigenvalue weighted by molar-refractivity contribution is -0.119. The molecule has 0 aromatic heterocycles. The fraction of sp³-hybridized carbons (Fsp3) is 0.500. The summed E-state index contributed by atoms with van der Waals surface area (Å²) in [5, 5.41) is 0.930. The van der Waals surface area contributed by atoms with Crippen LogP contribution >= 0.6 is 23.2 Å². The lowest BCUT2D eigenvalue weighted by Crippen LogP contribution is -2.37. The van der Waals surface area contributed by atoms with Crippen molar-refractivity contribution in [1.82, 2.24) is 0 Å². The van der Waals surface area contributed by atoms with Crippen molar-refractivity contribution in [1.29, 1.82) is 0 Å². The molecule has 1 aromatic rings. The molecule has 18 heavy (non-hydrogen) atoms. The van der Waals surface area contributed by atoms with Gasteiger partial charge in [0.25, 0.3) is 0 Å². The Bertz CT molecular complexity index is 438. The first-order chi connectivity index (χ1) is 8.21. The molecule has 4 heteroatoms. The molecule has 1 aromatic carbocycles. The summed E-state index contributed by atoms with van der Waals surface area (Å²) in [5.41, 5.74) is 6.68. The summed E-state index contributed by atoms with van der Waals surface area (Å²) in [6, 6.07) is 5.16. The van der Waals surface area contributed by atoms with E-state index in [4.69, 9.17) is 28.9 Å². The summed E-state index contributed by atoms with van der Waals surface area (Å²) in [4.78, 5) is 12.0. The van der Waals surface area contributed by atoms with Crippen LogP contribution in [0, 0.1) is 5.41 Å². The first-order valence-corrected chi connectivity index (χ1v) is 6.67. The van der Waals surface area contributed by atoms with Gasteiger partial charge in [-0.25, -0.2) is 0 Å². The van der Waals surface area contributed by atoms with Crippen molar-refractivity contribution in [2.75, 3.05) is 0 Å². The lowest BCUT2D eigenvalue weighted by atomic mass is 9.84. The number of halogens is 2. The molecule has 100 valence electrons. The van der Waals surface area contributed by atoms with Gasteiger partial charge in [-0.05, 0) is 17.0 Å². The Labute approximate surface area is 118 Å². The van der Waals surface area contributed by atoms with E-state index in [2.05, 4.69) is 0 Å². The fourth-order valence-electron chi connectivity index (χ4n) is 1.52. The summed E-state index contributed by atoms with van der Waals surface area (Å²) in [6.45, 7) is 6.08. The minimum absolute atomic E-state index is 0.0756. The van der Waals surface area contributed by atoms with E-state index >= 15 is 0 Å². The molecule has 1 rings (SSSR count). The molecule has 0 amide bonds. The predicted molar refractivity (Wildman–Crippen MR) is 77.2 cm³/mol. The number of hydrogen-bond donors (Lipinski definition) is 1. The van der Waals surface area contributed by atoms with Gasteiger partial charge in [-0.2, -0.15) is 0 Å². The second kappa shape index (κ2) is 6.05. The Hall–Kier alpha value is -0.570. The van der Waals surface area contributed by atoms with E-state index in [9.17, 15) is 4.79 Å². The molecule has 2 N–H and O–H groups in total. The van der Waals surface area contributed by atoms with Crippen LogP contribution < -0.4 is 5.73 Å². The zero-order valence-electron chi connectivity index (χ0n) is 11.0. The second-order valence-electron chi connectivity index (χ2n) is 5.61. The third kappa shape index (κ3) is 4.27. The number of benzene rings is 1.